The summed E-state index contributed by atoms with van der Waals surface area (Å²) in [6, 6.07) is 0. The monoisotopic (exact) mass is 138 g/mol. The number of carbonyl (C=O) groups excluding carboxylic acids is 1. The van der Waals surface area contributed by atoms with Crippen molar-refractivity contribution in [1.82, 2.24) is 0 Å². The highest BCUT2D eigenvalue weighted by molar-refractivity contribution is 5.85. The number of Topliss-reactive ketones (excluding diaryl/α,β-unsaturated/α-hetero) is 1. The maximum Gasteiger partial charge on any atom is 0.139 e. The maximum atomic E-state index is 11.4. The molecule has 0 N–H and O–H groups in total. The first kappa shape index (κ1) is 6.38. The highest BCUT2D eigenvalue weighted by Crippen LogP contribution is 2.37. The Balaban J connectivity index is 1.90. The molecule has 2 saturated carbocycles. The topological polar surface area (TPSA) is 17.1 Å². The Kier molecular flexibility index (Phi) is 1.51. The van der Waals surface area contributed by atoms with Gasteiger partial charge in [-0.05, 0) is 25.7 Å². The van der Waals surface area contributed by atoms with E-state index in [1.54, 1.807) is 0 Å². The van der Waals surface area contributed by atoms with E-state index in [2.05, 4.69) is 0 Å². The minimum atomic E-state index is 0.479. The van der Waals surface area contributed by atoms with E-state index in [4.69, 9.17) is 0 Å². The standard InChI is InChI=1S/C9H14O/c10-9(8-5-6-8)7-3-1-2-4-7/h7-8H,1-6H2. The number of hydrogen-bond donors (Lipinski definition) is 0. The third-order valence-electron chi connectivity index (χ3n) is 2.74. The Morgan fingerprint density at radius 1 is 0.900 bits per heavy atom. The van der Waals surface area contributed by atoms with Gasteiger partial charge in [-0.2, -0.15) is 0 Å². The van der Waals surface area contributed by atoms with Crippen molar-refractivity contribution in [2.45, 2.75) is 38.5 Å². The van der Waals surface area contributed by atoms with Crippen LogP contribution in [0.4, 0.5) is 0 Å². The third-order valence-corrected chi connectivity index (χ3v) is 2.74. The van der Waals surface area contributed by atoms with Crippen LogP contribution in [0.1, 0.15) is 38.5 Å². The predicted octanol–water partition coefficient (Wildman–Crippen LogP) is 2.16. The molecule has 0 aliphatic heterocycles. The molecule has 0 atom stereocenters. The molecule has 0 bridgehead atoms. The maximum absolute atomic E-state index is 11.4. The van der Waals surface area contributed by atoms with Crippen LogP contribution in [-0.2, 0) is 4.79 Å². The molecule has 2 aliphatic rings. The van der Waals surface area contributed by atoms with Gasteiger partial charge in [0.2, 0.25) is 0 Å². The lowest BCUT2D eigenvalue weighted by Gasteiger charge is -2.04. The average molecular weight is 138 g/mol. The van der Waals surface area contributed by atoms with Gasteiger partial charge in [0.05, 0.1) is 0 Å². The fourth-order valence-corrected chi connectivity index (χ4v) is 1.91. The Labute approximate surface area is 61.8 Å². The van der Waals surface area contributed by atoms with Gasteiger partial charge in [0.25, 0.3) is 0 Å². The lowest BCUT2D eigenvalue weighted by atomic mass is 9.99. The molecule has 0 heterocycles. The summed E-state index contributed by atoms with van der Waals surface area (Å²) in [5, 5.41) is 0. The summed E-state index contributed by atoms with van der Waals surface area (Å²) < 4.78 is 0. The van der Waals surface area contributed by atoms with Crippen LogP contribution in [0, 0.1) is 11.8 Å². The first-order valence-corrected chi connectivity index (χ1v) is 4.41. The van der Waals surface area contributed by atoms with Gasteiger partial charge in [0.15, 0.2) is 0 Å². The second-order valence-electron chi connectivity index (χ2n) is 3.66. The zero-order chi connectivity index (χ0) is 6.97. The van der Waals surface area contributed by atoms with Crippen molar-refractivity contribution in [2.75, 3.05) is 0 Å². The van der Waals surface area contributed by atoms with Crippen LogP contribution in [0.5, 0.6) is 0 Å². The Morgan fingerprint density at radius 2 is 1.40 bits per heavy atom. The lowest BCUT2D eigenvalue weighted by Crippen LogP contribution is -2.11. The average Bonchev–Trinajstić information content (AvgIpc) is 2.65. The summed E-state index contributed by atoms with van der Waals surface area (Å²) in [5.41, 5.74) is 0. The smallest absolute Gasteiger partial charge is 0.139 e. The number of carbonyl (C=O) groups is 1. The third kappa shape index (κ3) is 1.09. The van der Waals surface area contributed by atoms with Crippen LogP contribution in [0.3, 0.4) is 0 Å². The first-order chi connectivity index (χ1) is 4.88. The highest BCUT2D eigenvalue weighted by atomic mass is 16.1. The summed E-state index contributed by atoms with van der Waals surface area (Å²) in [5.74, 6) is 1.58. The minimum absolute atomic E-state index is 0.479. The van der Waals surface area contributed by atoms with E-state index >= 15 is 0 Å². The fraction of sp³-hybridized carbons (Fsp3) is 0.889. The predicted molar refractivity (Wildman–Crippen MR) is 39.7 cm³/mol. The van der Waals surface area contributed by atoms with Crippen molar-refractivity contribution in [3.8, 4) is 0 Å². The Hall–Kier alpha value is -0.330. The van der Waals surface area contributed by atoms with Crippen LogP contribution >= 0.6 is 0 Å². The van der Waals surface area contributed by atoms with E-state index in [0.717, 1.165) is 0 Å². The Morgan fingerprint density at radius 3 is 1.90 bits per heavy atom. The molecule has 2 aliphatic carbocycles. The molecule has 1 nitrogen and oxygen atoms in total. The quantitative estimate of drug-likeness (QED) is 0.571. The van der Waals surface area contributed by atoms with Crippen molar-refractivity contribution < 1.29 is 4.79 Å². The molecule has 2 fully saturated rings. The van der Waals surface area contributed by atoms with E-state index in [1.807, 2.05) is 0 Å². The van der Waals surface area contributed by atoms with E-state index in [1.165, 1.54) is 38.5 Å². The van der Waals surface area contributed by atoms with Crippen LogP contribution in [0.25, 0.3) is 0 Å². The summed E-state index contributed by atoms with van der Waals surface area (Å²) >= 11 is 0. The molecule has 1 heteroatoms. The van der Waals surface area contributed by atoms with Crippen molar-refractivity contribution >= 4 is 5.78 Å². The summed E-state index contributed by atoms with van der Waals surface area (Å²) in [6.45, 7) is 0. The van der Waals surface area contributed by atoms with Crippen molar-refractivity contribution in [3.63, 3.8) is 0 Å². The molecule has 0 aromatic rings. The highest BCUT2D eigenvalue weighted by Gasteiger charge is 2.35. The Bertz CT molecular complexity index is 141. The van der Waals surface area contributed by atoms with Crippen LogP contribution in [0.15, 0.2) is 0 Å². The van der Waals surface area contributed by atoms with Gasteiger partial charge in [0.1, 0.15) is 5.78 Å². The molecule has 0 aromatic heterocycles. The minimum Gasteiger partial charge on any atom is -0.299 e. The molecule has 0 unspecified atom stereocenters. The summed E-state index contributed by atoms with van der Waals surface area (Å²) in [6.07, 6.45) is 7.35. The fourth-order valence-electron chi connectivity index (χ4n) is 1.91. The van der Waals surface area contributed by atoms with Gasteiger partial charge in [-0.15, -0.1) is 0 Å². The largest absolute Gasteiger partial charge is 0.299 e. The SMILES string of the molecule is O=C(C1CCCC1)C1CC1. The molecule has 0 saturated heterocycles. The molecule has 0 aromatic carbocycles. The molecule has 56 valence electrons. The zero-order valence-corrected chi connectivity index (χ0v) is 6.31. The van der Waals surface area contributed by atoms with Gasteiger partial charge in [-0.1, -0.05) is 12.8 Å². The normalized spacial score (nSPS) is 27.2. The zero-order valence-electron chi connectivity index (χ0n) is 6.31. The van der Waals surface area contributed by atoms with Gasteiger partial charge in [0, 0.05) is 11.8 Å². The van der Waals surface area contributed by atoms with Crippen LogP contribution in [0.2, 0.25) is 0 Å². The van der Waals surface area contributed by atoms with E-state index < -0.39 is 0 Å². The number of rotatable bonds is 2. The number of ketones is 1. The van der Waals surface area contributed by atoms with Crippen LogP contribution in [-0.4, -0.2) is 5.78 Å². The van der Waals surface area contributed by atoms with Crippen molar-refractivity contribution in [1.29, 1.82) is 0 Å². The second-order valence-corrected chi connectivity index (χ2v) is 3.66. The molecular formula is C9H14O. The lowest BCUT2D eigenvalue weighted by molar-refractivity contribution is -0.123. The van der Waals surface area contributed by atoms with E-state index in [9.17, 15) is 4.79 Å². The molecule has 0 amide bonds. The summed E-state index contributed by atoms with van der Waals surface area (Å²) in [4.78, 5) is 11.4. The van der Waals surface area contributed by atoms with Gasteiger partial charge >= 0.3 is 0 Å². The van der Waals surface area contributed by atoms with Gasteiger partial charge in [-0.3, -0.25) is 4.79 Å². The molecule has 0 spiro atoms. The van der Waals surface area contributed by atoms with Gasteiger partial charge in [-0.25, -0.2) is 0 Å². The van der Waals surface area contributed by atoms with Gasteiger partial charge < -0.3 is 0 Å². The van der Waals surface area contributed by atoms with Crippen molar-refractivity contribution in [2.24, 2.45) is 11.8 Å². The first-order valence-electron chi connectivity index (χ1n) is 4.41. The molecule has 0 radical (unpaired) electrons. The van der Waals surface area contributed by atoms with Crippen molar-refractivity contribution in [3.05, 3.63) is 0 Å². The molecule has 2 rings (SSSR count). The summed E-state index contributed by atoms with van der Waals surface area (Å²) in [7, 11) is 0. The molecule has 10 heavy (non-hydrogen) atoms. The van der Waals surface area contributed by atoms with E-state index in [-0.39, 0.29) is 0 Å². The van der Waals surface area contributed by atoms with E-state index in [0.29, 0.717) is 17.6 Å². The second kappa shape index (κ2) is 2.37. The van der Waals surface area contributed by atoms with Crippen LogP contribution < -0.4 is 0 Å². The number of hydrogen-bond acceptors (Lipinski definition) is 1. The molecular weight excluding hydrogens is 124 g/mol.